The third-order valence-electron chi connectivity index (χ3n) is 3.90. The zero-order valence-corrected chi connectivity index (χ0v) is 17.0. The summed E-state index contributed by atoms with van der Waals surface area (Å²) in [6.07, 6.45) is -2.71. The zero-order valence-electron chi connectivity index (χ0n) is 15.4. The summed E-state index contributed by atoms with van der Waals surface area (Å²) < 4.78 is 66.7. The lowest BCUT2D eigenvalue weighted by Gasteiger charge is -2.14. The number of ether oxygens (including phenoxy) is 1. The van der Waals surface area contributed by atoms with Crippen molar-refractivity contribution >= 4 is 33.2 Å². The SMILES string of the molecule is NS(=O)(=O)c1cc(NC(=O)Cc2ccccc2OC(F)(F)F)ccc1-n1cc(Cl)cn1. The second kappa shape index (κ2) is 8.57. The lowest BCUT2D eigenvalue weighted by molar-refractivity contribution is -0.274. The number of benzene rings is 2. The van der Waals surface area contributed by atoms with E-state index in [4.69, 9.17) is 16.7 Å². The molecule has 3 rings (SSSR count). The number of para-hydroxylation sites is 1. The van der Waals surface area contributed by atoms with Crippen LogP contribution in [0.3, 0.4) is 0 Å². The summed E-state index contributed by atoms with van der Waals surface area (Å²) >= 11 is 5.81. The van der Waals surface area contributed by atoms with Gasteiger partial charge in [-0.15, -0.1) is 13.2 Å². The third kappa shape index (κ3) is 5.96. The van der Waals surface area contributed by atoms with Crippen molar-refractivity contribution in [3.05, 3.63) is 65.4 Å². The van der Waals surface area contributed by atoms with Gasteiger partial charge in [-0.1, -0.05) is 29.8 Å². The van der Waals surface area contributed by atoms with Crippen LogP contribution >= 0.6 is 11.6 Å². The monoisotopic (exact) mass is 474 g/mol. The summed E-state index contributed by atoms with van der Waals surface area (Å²) in [6, 6.07) is 9.02. The van der Waals surface area contributed by atoms with Gasteiger partial charge in [0.05, 0.1) is 23.3 Å². The molecule has 0 unspecified atom stereocenters. The minimum Gasteiger partial charge on any atom is -0.405 e. The molecule has 0 bridgehead atoms. The lowest BCUT2D eigenvalue weighted by Crippen LogP contribution is -2.20. The number of hydrogen-bond acceptors (Lipinski definition) is 5. The summed E-state index contributed by atoms with van der Waals surface area (Å²) in [5.41, 5.74) is 0.147. The molecule has 0 saturated heterocycles. The molecule has 0 aliphatic heterocycles. The second-order valence-electron chi connectivity index (χ2n) is 6.21. The highest BCUT2D eigenvalue weighted by molar-refractivity contribution is 7.89. The molecule has 3 N–H and O–H groups in total. The highest BCUT2D eigenvalue weighted by Gasteiger charge is 2.32. The highest BCUT2D eigenvalue weighted by Crippen LogP contribution is 2.27. The van der Waals surface area contributed by atoms with Gasteiger partial charge in [0.25, 0.3) is 0 Å². The van der Waals surface area contributed by atoms with E-state index in [0.29, 0.717) is 0 Å². The van der Waals surface area contributed by atoms with Gasteiger partial charge in [-0.25, -0.2) is 18.2 Å². The summed E-state index contributed by atoms with van der Waals surface area (Å²) in [6.45, 7) is 0. The van der Waals surface area contributed by atoms with Gasteiger partial charge in [0, 0.05) is 17.4 Å². The molecular formula is C18H14ClF3N4O4S. The number of rotatable bonds is 6. The molecule has 164 valence electrons. The van der Waals surface area contributed by atoms with Crippen molar-refractivity contribution in [3.63, 3.8) is 0 Å². The average Bonchev–Trinajstić information content (AvgIpc) is 3.07. The number of nitrogens with two attached hydrogens (primary N) is 1. The molecule has 1 aromatic heterocycles. The number of primary sulfonamides is 1. The van der Waals surface area contributed by atoms with Gasteiger partial charge >= 0.3 is 6.36 Å². The van der Waals surface area contributed by atoms with Crippen molar-refractivity contribution in [1.82, 2.24) is 9.78 Å². The van der Waals surface area contributed by atoms with Crippen molar-refractivity contribution in [2.75, 3.05) is 5.32 Å². The predicted octanol–water partition coefficient (Wildman–Crippen LogP) is 3.25. The quantitative estimate of drug-likeness (QED) is 0.569. The van der Waals surface area contributed by atoms with Crippen molar-refractivity contribution in [2.24, 2.45) is 5.14 Å². The van der Waals surface area contributed by atoms with E-state index in [1.54, 1.807) is 0 Å². The number of anilines is 1. The van der Waals surface area contributed by atoms with E-state index >= 15 is 0 Å². The first-order valence-corrected chi connectivity index (χ1v) is 10.4. The largest absolute Gasteiger partial charge is 0.573 e. The van der Waals surface area contributed by atoms with Crippen LogP contribution < -0.4 is 15.2 Å². The van der Waals surface area contributed by atoms with Crippen LogP contribution in [0.1, 0.15) is 5.56 Å². The van der Waals surface area contributed by atoms with Crippen LogP contribution in [0.5, 0.6) is 5.75 Å². The number of hydrogen-bond donors (Lipinski definition) is 2. The third-order valence-corrected chi connectivity index (χ3v) is 5.03. The van der Waals surface area contributed by atoms with E-state index in [9.17, 15) is 26.4 Å². The number of nitrogens with one attached hydrogen (secondary N) is 1. The van der Waals surface area contributed by atoms with Crippen LogP contribution in [0.2, 0.25) is 5.02 Å². The van der Waals surface area contributed by atoms with E-state index < -0.39 is 34.5 Å². The highest BCUT2D eigenvalue weighted by atomic mass is 35.5. The van der Waals surface area contributed by atoms with Gasteiger partial charge in [0.2, 0.25) is 15.9 Å². The molecule has 0 spiro atoms. The number of halogens is 4. The minimum atomic E-state index is -4.91. The average molecular weight is 475 g/mol. The van der Waals surface area contributed by atoms with E-state index in [-0.39, 0.29) is 26.9 Å². The topological polar surface area (TPSA) is 116 Å². The Morgan fingerprint density at radius 2 is 1.94 bits per heavy atom. The van der Waals surface area contributed by atoms with Gasteiger partial charge in [0.1, 0.15) is 10.6 Å². The summed E-state index contributed by atoms with van der Waals surface area (Å²) in [7, 11) is -4.22. The molecule has 1 heterocycles. The molecule has 13 heteroatoms. The number of aromatic nitrogens is 2. The number of sulfonamides is 1. The first kappa shape index (κ1) is 22.6. The maximum absolute atomic E-state index is 12.5. The van der Waals surface area contributed by atoms with Gasteiger partial charge in [-0.3, -0.25) is 4.79 Å². The molecule has 1 amide bonds. The van der Waals surface area contributed by atoms with Crippen LogP contribution in [0.4, 0.5) is 18.9 Å². The van der Waals surface area contributed by atoms with Gasteiger partial charge in [-0.2, -0.15) is 5.10 Å². The van der Waals surface area contributed by atoms with E-state index in [1.165, 1.54) is 47.4 Å². The van der Waals surface area contributed by atoms with Crippen LogP contribution in [0.15, 0.2) is 59.8 Å². The molecular weight excluding hydrogens is 461 g/mol. The maximum Gasteiger partial charge on any atom is 0.573 e. The molecule has 2 aromatic carbocycles. The summed E-state index contributed by atoms with van der Waals surface area (Å²) in [5.74, 6) is -1.21. The molecule has 0 saturated carbocycles. The summed E-state index contributed by atoms with van der Waals surface area (Å²) in [4.78, 5) is 12.0. The maximum atomic E-state index is 12.5. The summed E-state index contributed by atoms with van der Waals surface area (Å²) in [5, 5.41) is 11.9. The number of alkyl halides is 3. The predicted molar refractivity (Wildman–Crippen MR) is 105 cm³/mol. The molecule has 0 radical (unpaired) electrons. The van der Waals surface area contributed by atoms with Crippen molar-refractivity contribution in [2.45, 2.75) is 17.7 Å². The Morgan fingerprint density at radius 3 is 2.55 bits per heavy atom. The fraction of sp³-hybridized carbons (Fsp3) is 0.111. The number of carbonyl (C=O) groups is 1. The number of carbonyl (C=O) groups excluding carboxylic acids is 1. The van der Waals surface area contributed by atoms with E-state index in [0.717, 1.165) is 12.1 Å². The second-order valence-corrected chi connectivity index (χ2v) is 8.18. The molecule has 0 aliphatic rings. The van der Waals surface area contributed by atoms with Gasteiger partial charge in [0.15, 0.2) is 0 Å². The van der Waals surface area contributed by atoms with Crippen molar-refractivity contribution in [1.29, 1.82) is 0 Å². The van der Waals surface area contributed by atoms with Crippen LogP contribution in [0, 0.1) is 0 Å². The van der Waals surface area contributed by atoms with Gasteiger partial charge < -0.3 is 10.1 Å². The lowest BCUT2D eigenvalue weighted by atomic mass is 10.1. The Bertz CT molecular complexity index is 1230. The Labute approximate surface area is 179 Å². The Morgan fingerprint density at radius 1 is 1.23 bits per heavy atom. The molecule has 0 aliphatic carbocycles. The van der Waals surface area contributed by atoms with Crippen LogP contribution in [-0.4, -0.2) is 30.5 Å². The molecule has 0 atom stereocenters. The van der Waals surface area contributed by atoms with E-state index in [2.05, 4.69) is 15.2 Å². The van der Waals surface area contributed by atoms with Crippen LogP contribution in [0.25, 0.3) is 5.69 Å². The van der Waals surface area contributed by atoms with Crippen LogP contribution in [-0.2, 0) is 21.2 Å². The molecule has 8 nitrogen and oxygen atoms in total. The fourth-order valence-electron chi connectivity index (χ4n) is 2.69. The molecule has 0 fully saturated rings. The zero-order chi connectivity index (χ0) is 22.8. The Kier molecular flexibility index (Phi) is 6.25. The first-order valence-electron chi connectivity index (χ1n) is 8.43. The van der Waals surface area contributed by atoms with Crippen molar-refractivity contribution in [3.8, 4) is 11.4 Å². The minimum absolute atomic E-state index is 0.00759. The standard InChI is InChI=1S/C18H14ClF3N4O4S/c19-12-9-24-26(10-12)14-6-5-13(8-16(14)31(23,28)29)25-17(27)7-11-3-1-2-4-15(11)30-18(20,21)22/h1-6,8-10H,7H2,(H,25,27)(H2,23,28,29). The Balaban J connectivity index is 1.85. The Hall–Kier alpha value is -3.09. The van der Waals surface area contributed by atoms with Gasteiger partial charge in [-0.05, 0) is 24.3 Å². The molecule has 31 heavy (non-hydrogen) atoms. The fourth-order valence-corrected chi connectivity index (χ4v) is 3.57. The van der Waals surface area contributed by atoms with Crippen molar-refractivity contribution < 1.29 is 31.1 Å². The number of nitrogens with zero attached hydrogens (tertiary/aromatic N) is 2. The van der Waals surface area contributed by atoms with E-state index in [1.807, 2.05) is 0 Å². The number of amides is 1. The first-order chi connectivity index (χ1) is 14.4. The molecule has 3 aromatic rings. The smallest absolute Gasteiger partial charge is 0.405 e. The normalized spacial score (nSPS) is 11.9.